The number of aliphatic hydroxyl groups is 1. The van der Waals surface area contributed by atoms with Gasteiger partial charge in [-0.05, 0) is 36.6 Å². The van der Waals surface area contributed by atoms with Crippen LogP contribution in [0.2, 0.25) is 0 Å². The number of amides is 1. The van der Waals surface area contributed by atoms with Crippen molar-refractivity contribution in [2.75, 3.05) is 37.7 Å². The van der Waals surface area contributed by atoms with Crippen LogP contribution in [0.1, 0.15) is 24.2 Å². The van der Waals surface area contributed by atoms with E-state index in [1.54, 1.807) is 18.4 Å². The number of thiophene rings is 1. The second kappa shape index (κ2) is 10.2. The normalized spacial score (nSPS) is 20.3. The van der Waals surface area contributed by atoms with Gasteiger partial charge in [0.25, 0.3) is 15.9 Å². The average Bonchev–Trinajstić information content (AvgIpc) is 3.31. The van der Waals surface area contributed by atoms with Gasteiger partial charge < -0.3 is 14.7 Å². The molecule has 0 saturated carbocycles. The van der Waals surface area contributed by atoms with Crippen LogP contribution < -0.4 is 9.46 Å². The average molecular weight is 532 g/mol. The molecule has 0 saturated heterocycles. The number of aliphatic hydroxyl groups excluding tert-OH is 1. The highest BCUT2D eigenvalue weighted by Gasteiger charge is 2.34. The molecule has 1 amide bonds. The number of ether oxygens (including phenoxy) is 1. The fourth-order valence-electron chi connectivity index (χ4n) is 3.51. The Labute approximate surface area is 204 Å². The van der Waals surface area contributed by atoms with Crippen LogP contribution in [0.25, 0.3) is 0 Å². The monoisotopic (exact) mass is 531 g/mol. The molecule has 2 aromatic rings. The number of nitrogens with one attached hydrogen (secondary N) is 1. The predicted molar refractivity (Wildman–Crippen MR) is 130 cm³/mol. The van der Waals surface area contributed by atoms with Gasteiger partial charge in [-0.1, -0.05) is 13.0 Å². The maximum Gasteiger partial charge on any atom is 0.271 e. The summed E-state index contributed by atoms with van der Waals surface area (Å²) in [6.07, 6.45) is 0.512. The number of carbonyl (C=O) groups is 1. The van der Waals surface area contributed by atoms with Crippen molar-refractivity contribution in [3.8, 4) is 5.75 Å². The lowest BCUT2D eigenvalue weighted by atomic mass is 9.99. The summed E-state index contributed by atoms with van der Waals surface area (Å²) in [5, 5.41) is 11.4. The number of benzene rings is 1. The third-order valence-electron chi connectivity index (χ3n) is 5.68. The van der Waals surface area contributed by atoms with E-state index >= 15 is 0 Å². The topological polar surface area (TPSA) is 133 Å². The van der Waals surface area contributed by atoms with Crippen LogP contribution >= 0.6 is 11.3 Å². The molecule has 0 radical (unpaired) electrons. The summed E-state index contributed by atoms with van der Waals surface area (Å²) in [7, 11) is -5.84. The molecule has 2 N–H and O–H groups in total. The summed E-state index contributed by atoms with van der Waals surface area (Å²) < 4.78 is 59.1. The largest absolute Gasteiger partial charge is 0.488 e. The number of rotatable bonds is 8. The van der Waals surface area contributed by atoms with E-state index in [9.17, 15) is 26.7 Å². The number of fused-ring (bicyclic) bond motifs is 1. The first-order chi connectivity index (χ1) is 15.8. The van der Waals surface area contributed by atoms with Gasteiger partial charge in [0, 0.05) is 25.2 Å². The van der Waals surface area contributed by atoms with E-state index in [0.29, 0.717) is 0 Å². The molecular weight excluding hydrogens is 502 g/mol. The smallest absolute Gasteiger partial charge is 0.271 e. The van der Waals surface area contributed by atoms with Crippen molar-refractivity contribution in [2.24, 2.45) is 5.92 Å². The molecule has 1 aliphatic rings. The van der Waals surface area contributed by atoms with Gasteiger partial charge >= 0.3 is 0 Å². The van der Waals surface area contributed by atoms with Gasteiger partial charge in [-0.15, -0.1) is 11.3 Å². The molecule has 0 bridgehead atoms. The van der Waals surface area contributed by atoms with E-state index in [1.807, 2.05) is 6.92 Å². The van der Waals surface area contributed by atoms with Crippen molar-refractivity contribution >= 4 is 43.0 Å². The highest BCUT2D eigenvalue weighted by Crippen LogP contribution is 2.31. The van der Waals surface area contributed by atoms with Crippen molar-refractivity contribution in [3.63, 3.8) is 0 Å². The maximum atomic E-state index is 13.4. The molecule has 188 valence electrons. The Hall–Kier alpha value is -2.19. The Morgan fingerprint density at radius 1 is 1.29 bits per heavy atom. The molecule has 1 aromatic carbocycles. The number of nitrogens with zero attached hydrogens (tertiary/aromatic N) is 2. The summed E-state index contributed by atoms with van der Waals surface area (Å²) >= 11 is 1.07. The zero-order chi connectivity index (χ0) is 25.3. The molecule has 1 aromatic heterocycles. The van der Waals surface area contributed by atoms with Crippen LogP contribution in [0.4, 0.5) is 5.69 Å². The Morgan fingerprint density at radius 3 is 2.59 bits per heavy atom. The lowest BCUT2D eigenvalue weighted by molar-refractivity contribution is 0.0387. The quantitative estimate of drug-likeness (QED) is 0.529. The Morgan fingerprint density at radius 2 is 2.00 bits per heavy atom. The van der Waals surface area contributed by atoms with Gasteiger partial charge in [0.1, 0.15) is 16.1 Å². The van der Waals surface area contributed by atoms with Gasteiger partial charge in [-0.3, -0.25) is 9.52 Å². The fraction of sp³-hybridized carbons (Fsp3) is 0.476. The summed E-state index contributed by atoms with van der Waals surface area (Å²) in [5.41, 5.74) is 0.296. The van der Waals surface area contributed by atoms with E-state index in [2.05, 4.69) is 4.72 Å². The van der Waals surface area contributed by atoms with Crippen molar-refractivity contribution in [3.05, 3.63) is 41.3 Å². The summed E-state index contributed by atoms with van der Waals surface area (Å²) in [6.45, 7) is 3.55. The number of carbonyl (C=O) groups excluding carboxylic acids is 1. The predicted octanol–water partition coefficient (Wildman–Crippen LogP) is 1.66. The zero-order valence-corrected chi connectivity index (χ0v) is 21.8. The third-order valence-corrected chi connectivity index (χ3v) is 9.74. The molecule has 0 spiro atoms. The first-order valence-corrected chi connectivity index (χ1v) is 14.7. The third kappa shape index (κ3) is 5.89. The minimum Gasteiger partial charge on any atom is -0.488 e. The van der Waals surface area contributed by atoms with Crippen LogP contribution in [-0.2, 0) is 20.0 Å². The van der Waals surface area contributed by atoms with Crippen LogP contribution in [0.15, 0.2) is 39.9 Å². The van der Waals surface area contributed by atoms with Crippen LogP contribution in [0, 0.1) is 5.92 Å². The zero-order valence-electron chi connectivity index (χ0n) is 19.3. The van der Waals surface area contributed by atoms with Crippen molar-refractivity contribution < 1.29 is 31.5 Å². The number of sulfonamides is 2. The first kappa shape index (κ1) is 26.4. The minimum atomic E-state index is -3.83. The van der Waals surface area contributed by atoms with Gasteiger partial charge in [0.05, 0.1) is 31.0 Å². The standard InChI is InChI=1S/C21H29N3O7S3/c1-14-11-24(15(2)13-25)21(26)17-10-16(22-34(29,30)20-6-5-9-32-20)7-8-18(17)31-19(14)12-23(3)33(4,27)28/h5-10,14-15,19,22,25H,11-13H2,1-4H3/t14-,15-,19+/m1/s1. The summed E-state index contributed by atoms with van der Waals surface area (Å²) in [5.74, 6) is -0.472. The molecule has 10 nitrogen and oxygen atoms in total. The van der Waals surface area contributed by atoms with E-state index in [4.69, 9.17) is 4.74 Å². The molecule has 3 atom stereocenters. The Balaban J connectivity index is 2.01. The van der Waals surface area contributed by atoms with Crippen molar-refractivity contribution in [2.45, 2.75) is 30.2 Å². The van der Waals surface area contributed by atoms with E-state index in [0.717, 1.165) is 17.6 Å². The number of hydrogen-bond acceptors (Lipinski definition) is 8. The highest BCUT2D eigenvalue weighted by molar-refractivity contribution is 7.94. The molecule has 0 unspecified atom stereocenters. The molecule has 0 fully saturated rings. The lowest BCUT2D eigenvalue weighted by Gasteiger charge is -2.38. The number of hydrogen-bond donors (Lipinski definition) is 2. The highest BCUT2D eigenvalue weighted by atomic mass is 32.2. The molecule has 2 heterocycles. The maximum absolute atomic E-state index is 13.4. The van der Waals surface area contributed by atoms with Gasteiger partial charge in [0.15, 0.2) is 0 Å². The number of anilines is 1. The SMILES string of the molecule is C[C@@H]1CN([C@H](C)CO)C(=O)c2cc(NS(=O)(=O)c3cccs3)ccc2O[C@H]1CN(C)S(C)(=O)=O. The first-order valence-electron chi connectivity index (χ1n) is 10.5. The van der Waals surface area contributed by atoms with Gasteiger partial charge in [-0.2, -0.15) is 0 Å². The molecule has 0 aliphatic carbocycles. The van der Waals surface area contributed by atoms with Crippen molar-refractivity contribution in [1.82, 2.24) is 9.21 Å². The number of likely N-dealkylation sites (N-methyl/N-ethyl adjacent to an activating group) is 1. The Bertz CT molecular complexity index is 1230. The van der Waals surface area contributed by atoms with Crippen LogP contribution in [0.3, 0.4) is 0 Å². The second-order valence-electron chi connectivity index (χ2n) is 8.41. The lowest BCUT2D eigenvalue weighted by Crippen LogP contribution is -2.50. The van der Waals surface area contributed by atoms with Crippen molar-refractivity contribution in [1.29, 1.82) is 0 Å². The molecule has 34 heavy (non-hydrogen) atoms. The van der Waals surface area contributed by atoms with E-state index in [1.165, 1.54) is 40.5 Å². The molecule has 3 rings (SSSR count). The van der Waals surface area contributed by atoms with Gasteiger partial charge in [-0.25, -0.2) is 21.1 Å². The molecule has 1 aliphatic heterocycles. The molecule has 13 heteroatoms. The second-order valence-corrected chi connectivity index (χ2v) is 13.4. The van der Waals surface area contributed by atoms with Gasteiger partial charge in [0.2, 0.25) is 10.0 Å². The molecular formula is C21H29N3O7S3. The van der Waals surface area contributed by atoms with E-state index < -0.39 is 38.1 Å². The van der Waals surface area contributed by atoms with E-state index in [-0.39, 0.29) is 46.8 Å². The minimum absolute atomic E-state index is 0.0573. The summed E-state index contributed by atoms with van der Waals surface area (Å²) in [6, 6.07) is 6.96. The van der Waals surface area contributed by atoms with Crippen LogP contribution in [-0.4, -0.2) is 82.2 Å². The van der Waals surface area contributed by atoms with Crippen LogP contribution in [0.5, 0.6) is 5.75 Å². The Kier molecular flexibility index (Phi) is 7.92. The fourth-order valence-corrected chi connectivity index (χ4v) is 5.97. The summed E-state index contributed by atoms with van der Waals surface area (Å²) in [4.78, 5) is 14.9.